The fraction of sp³-hybridized carbons (Fsp3) is 0.0714. The number of fused-ring (bicyclic) bond motifs is 1. The van der Waals surface area contributed by atoms with Gasteiger partial charge in [0.25, 0.3) is 0 Å². The molecule has 0 amide bonds. The monoisotopic (exact) mass is 506 g/mol. The molecule has 10 heteroatoms. The van der Waals surface area contributed by atoms with Crippen LogP contribution in [-0.2, 0) is 19.3 Å². The van der Waals surface area contributed by atoms with Crippen molar-refractivity contribution < 1.29 is 19.3 Å². The number of aromatic amines is 1. The molecule has 0 aliphatic carbocycles. The summed E-state index contributed by atoms with van der Waals surface area (Å²) in [6, 6.07) is 20.9. The van der Waals surface area contributed by atoms with Crippen LogP contribution < -0.4 is 0 Å². The lowest BCUT2D eigenvalue weighted by atomic mass is 10.1. The minimum absolute atomic E-state index is 0.390. The molecule has 5 rings (SSSR count). The maximum atomic E-state index is 11.6. The highest BCUT2D eigenvalue weighted by atomic mass is 16.7. The van der Waals surface area contributed by atoms with Crippen molar-refractivity contribution in [3.8, 4) is 5.69 Å². The third-order valence-corrected chi connectivity index (χ3v) is 5.55. The van der Waals surface area contributed by atoms with Crippen LogP contribution in [0.3, 0.4) is 0 Å². The summed E-state index contributed by atoms with van der Waals surface area (Å²) in [4.78, 5) is 44.5. The minimum atomic E-state index is -0.531. The zero-order valence-corrected chi connectivity index (χ0v) is 20.5. The number of carbonyl (C=O) groups excluding carboxylic acids is 2. The van der Waals surface area contributed by atoms with Crippen LogP contribution in [0.25, 0.3) is 16.6 Å². The van der Waals surface area contributed by atoms with Crippen LogP contribution in [0.5, 0.6) is 0 Å². The van der Waals surface area contributed by atoms with Gasteiger partial charge in [-0.2, -0.15) is 0 Å². The first kappa shape index (κ1) is 24.3. The average Bonchev–Trinajstić information content (AvgIpc) is 3.59. The summed E-state index contributed by atoms with van der Waals surface area (Å²) in [7, 11) is 0. The van der Waals surface area contributed by atoms with Crippen molar-refractivity contribution in [1.82, 2.24) is 19.5 Å². The number of nitrogens with zero attached hydrogens (tertiary/aromatic N) is 5. The van der Waals surface area contributed by atoms with E-state index in [9.17, 15) is 9.59 Å². The molecule has 0 spiro atoms. The molecular weight excluding hydrogens is 484 g/mol. The molecule has 0 saturated carbocycles. The molecule has 5 aromatic rings. The Morgan fingerprint density at radius 2 is 1.53 bits per heavy atom. The molecule has 0 aliphatic rings. The molecule has 0 radical (unpaired) electrons. The molecule has 0 aliphatic heterocycles. The quantitative estimate of drug-likeness (QED) is 0.198. The van der Waals surface area contributed by atoms with E-state index in [4.69, 9.17) is 9.68 Å². The van der Waals surface area contributed by atoms with Crippen molar-refractivity contribution in [2.24, 2.45) is 10.3 Å². The maximum absolute atomic E-state index is 11.6. The zero-order valence-electron chi connectivity index (χ0n) is 20.5. The number of hydrogen-bond acceptors (Lipinski definition) is 8. The van der Waals surface area contributed by atoms with Gasteiger partial charge >= 0.3 is 11.9 Å². The number of carbonyl (C=O) groups is 2. The summed E-state index contributed by atoms with van der Waals surface area (Å²) in [6.07, 6.45) is 6.84. The summed E-state index contributed by atoms with van der Waals surface area (Å²) >= 11 is 0. The van der Waals surface area contributed by atoms with Crippen LogP contribution in [0.1, 0.15) is 36.5 Å². The topological polar surface area (TPSA) is 124 Å². The fourth-order valence-electron chi connectivity index (χ4n) is 3.95. The van der Waals surface area contributed by atoms with Gasteiger partial charge in [0, 0.05) is 60.8 Å². The normalized spacial score (nSPS) is 11.9. The molecule has 3 aromatic heterocycles. The number of imidazole rings is 1. The van der Waals surface area contributed by atoms with Crippen LogP contribution in [0.4, 0.5) is 0 Å². The number of nitrogens with one attached hydrogen (secondary N) is 1. The zero-order chi connectivity index (χ0) is 26.5. The summed E-state index contributed by atoms with van der Waals surface area (Å²) in [6.45, 7) is 2.58. The number of H-pyrrole nitrogens is 1. The molecular formula is C28H22N6O4. The number of oxime groups is 2. The number of benzene rings is 2. The average molecular weight is 507 g/mol. The lowest BCUT2D eigenvalue weighted by Crippen LogP contribution is -2.08. The highest BCUT2D eigenvalue weighted by molar-refractivity contribution is 6.18. The summed E-state index contributed by atoms with van der Waals surface area (Å²) < 4.78 is 2.01. The van der Waals surface area contributed by atoms with Crippen LogP contribution in [0.2, 0.25) is 0 Å². The predicted octanol–water partition coefficient (Wildman–Crippen LogP) is 4.38. The van der Waals surface area contributed by atoms with Crippen LogP contribution >= 0.6 is 0 Å². The number of hydrogen-bond donors (Lipinski definition) is 1. The van der Waals surface area contributed by atoms with Crippen molar-refractivity contribution >= 4 is 34.3 Å². The lowest BCUT2D eigenvalue weighted by molar-refractivity contribution is -0.141. The first-order valence-corrected chi connectivity index (χ1v) is 11.6. The SMILES string of the molecule is CC(=O)O/N=C(/c1ccc(-n2cc(/C(=N/OC(C)=O)c3ccccn3)c3ccccc32)cc1)c1ncc[nH]1. The van der Waals surface area contributed by atoms with Gasteiger partial charge in [-0.25, -0.2) is 14.6 Å². The Morgan fingerprint density at radius 3 is 2.18 bits per heavy atom. The van der Waals surface area contributed by atoms with Gasteiger partial charge in [0.1, 0.15) is 5.71 Å². The number of pyridine rings is 1. The van der Waals surface area contributed by atoms with Gasteiger partial charge in [0.05, 0.1) is 11.2 Å². The highest BCUT2D eigenvalue weighted by Gasteiger charge is 2.19. The molecule has 3 heterocycles. The summed E-state index contributed by atoms with van der Waals surface area (Å²) in [5.41, 5.74) is 4.61. The number of para-hydroxylation sites is 1. The van der Waals surface area contributed by atoms with Gasteiger partial charge in [0.2, 0.25) is 0 Å². The van der Waals surface area contributed by atoms with E-state index in [0.29, 0.717) is 28.5 Å². The molecule has 0 bridgehead atoms. The molecule has 0 atom stereocenters. The van der Waals surface area contributed by atoms with Gasteiger partial charge in [-0.15, -0.1) is 0 Å². The van der Waals surface area contributed by atoms with Crippen LogP contribution in [0.15, 0.2) is 102 Å². The molecule has 0 fully saturated rings. The van der Waals surface area contributed by atoms with E-state index < -0.39 is 11.9 Å². The van der Waals surface area contributed by atoms with Gasteiger partial charge in [0.15, 0.2) is 11.5 Å². The molecule has 2 aromatic carbocycles. The smallest absolute Gasteiger partial charge is 0.332 e. The Morgan fingerprint density at radius 1 is 0.816 bits per heavy atom. The Bertz CT molecular complexity index is 1650. The van der Waals surface area contributed by atoms with Crippen molar-refractivity contribution in [2.75, 3.05) is 0 Å². The lowest BCUT2D eigenvalue weighted by Gasteiger charge is -2.08. The van der Waals surface area contributed by atoms with E-state index in [1.807, 2.05) is 71.4 Å². The summed E-state index contributed by atoms with van der Waals surface area (Å²) in [5, 5.41) is 9.03. The molecule has 0 saturated heterocycles. The Kier molecular flexibility index (Phi) is 6.85. The van der Waals surface area contributed by atoms with Crippen molar-refractivity contribution in [1.29, 1.82) is 0 Å². The van der Waals surface area contributed by atoms with E-state index in [-0.39, 0.29) is 0 Å². The molecule has 0 unspecified atom stereocenters. The minimum Gasteiger partial charge on any atom is -0.343 e. The Balaban J connectivity index is 1.60. The molecule has 1 N–H and O–H groups in total. The van der Waals surface area contributed by atoms with E-state index >= 15 is 0 Å². The maximum Gasteiger partial charge on any atom is 0.332 e. The second-order valence-electron chi connectivity index (χ2n) is 8.18. The largest absolute Gasteiger partial charge is 0.343 e. The predicted molar refractivity (Wildman–Crippen MR) is 141 cm³/mol. The first-order valence-electron chi connectivity index (χ1n) is 11.6. The van der Waals surface area contributed by atoms with Gasteiger partial charge in [-0.1, -0.05) is 46.7 Å². The summed E-state index contributed by atoms with van der Waals surface area (Å²) in [5.74, 6) is -0.592. The Hall–Kier alpha value is -5.38. The van der Waals surface area contributed by atoms with Crippen LogP contribution in [-0.4, -0.2) is 42.9 Å². The van der Waals surface area contributed by atoms with E-state index in [2.05, 4.69) is 25.3 Å². The molecule has 188 valence electrons. The van der Waals surface area contributed by atoms with Gasteiger partial charge < -0.3 is 19.2 Å². The standard InChI is InChI=1S/C28H22N6O4/c1-18(35)37-32-26(28-30-15-16-31-28)20-10-12-21(13-11-20)34-17-23(22-7-3-4-9-25(22)34)27(33-38-19(2)36)24-8-5-6-14-29-24/h3-17H,1-2H3,(H,30,31)/b32-26-,33-27-. The number of aromatic nitrogens is 4. The first-order chi connectivity index (χ1) is 18.5. The molecule has 38 heavy (non-hydrogen) atoms. The van der Waals surface area contributed by atoms with Crippen molar-refractivity contribution in [3.05, 3.63) is 114 Å². The number of rotatable bonds is 7. The second kappa shape index (κ2) is 10.7. The second-order valence-corrected chi connectivity index (χ2v) is 8.18. The molecule has 10 nitrogen and oxygen atoms in total. The highest BCUT2D eigenvalue weighted by Crippen LogP contribution is 2.27. The van der Waals surface area contributed by atoms with E-state index in [1.54, 1.807) is 24.7 Å². The third-order valence-electron chi connectivity index (χ3n) is 5.55. The Labute approximate surface area is 217 Å². The van der Waals surface area contributed by atoms with E-state index in [1.165, 1.54) is 13.8 Å². The van der Waals surface area contributed by atoms with Gasteiger partial charge in [-0.3, -0.25) is 4.98 Å². The fourth-order valence-corrected chi connectivity index (χ4v) is 3.95. The van der Waals surface area contributed by atoms with Crippen molar-refractivity contribution in [2.45, 2.75) is 13.8 Å². The third kappa shape index (κ3) is 5.09. The van der Waals surface area contributed by atoms with Crippen LogP contribution in [0, 0.1) is 0 Å². The van der Waals surface area contributed by atoms with Crippen molar-refractivity contribution in [3.63, 3.8) is 0 Å². The van der Waals surface area contributed by atoms with E-state index in [0.717, 1.165) is 22.2 Å². The van der Waals surface area contributed by atoms with Gasteiger partial charge in [-0.05, 0) is 30.3 Å².